The maximum Gasteiger partial charge on any atom is 0.331 e. The van der Waals surface area contributed by atoms with Gasteiger partial charge in [-0.15, -0.1) is 11.6 Å². The van der Waals surface area contributed by atoms with Gasteiger partial charge in [-0.3, -0.25) is 0 Å². The molecule has 2 N–H and O–H groups in total. The number of hydrogen-bond donors (Lipinski definition) is 2. The summed E-state index contributed by atoms with van der Waals surface area (Å²) in [5.41, 5.74) is 1.71. The predicted molar refractivity (Wildman–Crippen MR) is 86.8 cm³/mol. The van der Waals surface area contributed by atoms with Crippen molar-refractivity contribution in [2.75, 3.05) is 0 Å². The highest BCUT2D eigenvalue weighted by Gasteiger charge is 2.38. The molecule has 0 aromatic carbocycles. The third-order valence-electron chi connectivity index (χ3n) is 4.66. The third-order valence-corrected chi connectivity index (χ3v) is 5.10. The molecule has 1 heterocycles. The Bertz CT molecular complexity index is 428. The SMILES string of the molecule is CC1(C)CC(=C(C(=O)O)C2CCC(Cl)CC2)CC(C)(C)N1. The summed E-state index contributed by atoms with van der Waals surface area (Å²) in [6.45, 7) is 8.62. The molecule has 3 nitrogen and oxygen atoms in total. The highest BCUT2D eigenvalue weighted by Crippen LogP contribution is 2.40. The van der Waals surface area contributed by atoms with Gasteiger partial charge in [0.25, 0.3) is 0 Å². The van der Waals surface area contributed by atoms with Gasteiger partial charge < -0.3 is 10.4 Å². The normalized spacial score (nSPS) is 31.8. The zero-order valence-electron chi connectivity index (χ0n) is 13.6. The summed E-state index contributed by atoms with van der Waals surface area (Å²) in [5, 5.41) is 13.6. The van der Waals surface area contributed by atoms with Crippen LogP contribution in [0.4, 0.5) is 0 Å². The van der Waals surface area contributed by atoms with E-state index in [2.05, 4.69) is 33.0 Å². The van der Waals surface area contributed by atoms with E-state index >= 15 is 0 Å². The maximum absolute atomic E-state index is 11.9. The van der Waals surface area contributed by atoms with E-state index in [-0.39, 0.29) is 22.4 Å². The average molecular weight is 314 g/mol. The van der Waals surface area contributed by atoms with Gasteiger partial charge in [-0.1, -0.05) is 5.57 Å². The van der Waals surface area contributed by atoms with Crippen molar-refractivity contribution >= 4 is 17.6 Å². The van der Waals surface area contributed by atoms with E-state index in [4.69, 9.17) is 11.6 Å². The van der Waals surface area contributed by atoms with Crippen LogP contribution in [0.25, 0.3) is 0 Å². The highest BCUT2D eigenvalue weighted by molar-refractivity contribution is 6.20. The van der Waals surface area contributed by atoms with Crippen molar-refractivity contribution in [2.24, 2.45) is 5.92 Å². The van der Waals surface area contributed by atoms with E-state index in [1.165, 1.54) is 0 Å². The van der Waals surface area contributed by atoms with E-state index in [0.717, 1.165) is 44.1 Å². The fourth-order valence-electron chi connectivity index (χ4n) is 4.28. The minimum atomic E-state index is -0.725. The molecular formula is C17H28ClNO2. The van der Waals surface area contributed by atoms with Gasteiger partial charge in [0.15, 0.2) is 0 Å². The second kappa shape index (κ2) is 5.92. The van der Waals surface area contributed by atoms with Crippen LogP contribution in [0.2, 0.25) is 0 Å². The highest BCUT2D eigenvalue weighted by atomic mass is 35.5. The van der Waals surface area contributed by atoms with Gasteiger partial charge in [-0.2, -0.15) is 0 Å². The lowest BCUT2D eigenvalue weighted by Crippen LogP contribution is -2.56. The summed E-state index contributed by atoms with van der Waals surface area (Å²) in [5.74, 6) is -0.547. The number of halogens is 1. The average Bonchev–Trinajstić information content (AvgIpc) is 2.27. The Kier molecular flexibility index (Phi) is 4.75. The minimum Gasteiger partial charge on any atom is -0.478 e. The van der Waals surface area contributed by atoms with E-state index in [1.54, 1.807) is 0 Å². The molecule has 2 aliphatic rings. The first-order valence-electron chi connectivity index (χ1n) is 7.98. The standard InChI is InChI=1S/C17H28ClNO2/c1-16(2)9-12(10-17(3,4)19-16)14(15(20)21)11-5-7-13(18)8-6-11/h11,13,19H,5-10H2,1-4H3,(H,20,21). The van der Waals surface area contributed by atoms with E-state index in [9.17, 15) is 9.90 Å². The van der Waals surface area contributed by atoms with Crippen molar-refractivity contribution in [3.8, 4) is 0 Å². The van der Waals surface area contributed by atoms with Gasteiger partial charge in [-0.25, -0.2) is 4.79 Å². The van der Waals surface area contributed by atoms with Crippen LogP contribution in [-0.4, -0.2) is 27.5 Å². The number of rotatable bonds is 2. The van der Waals surface area contributed by atoms with Crippen LogP contribution >= 0.6 is 11.6 Å². The molecule has 21 heavy (non-hydrogen) atoms. The molecule has 0 aromatic heterocycles. The second-order valence-corrected chi connectivity index (χ2v) is 8.63. The molecule has 0 unspecified atom stereocenters. The number of nitrogens with one attached hydrogen (secondary N) is 1. The molecule has 0 amide bonds. The molecule has 0 atom stereocenters. The molecule has 0 spiro atoms. The lowest BCUT2D eigenvalue weighted by atomic mass is 9.73. The van der Waals surface area contributed by atoms with Crippen LogP contribution in [0.3, 0.4) is 0 Å². The molecule has 120 valence electrons. The largest absolute Gasteiger partial charge is 0.478 e. The molecular weight excluding hydrogens is 286 g/mol. The van der Waals surface area contributed by atoms with Crippen LogP contribution < -0.4 is 5.32 Å². The van der Waals surface area contributed by atoms with Gasteiger partial charge in [-0.05, 0) is 72.1 Å². The monoisotopic (exact) mass is 313 g/mol. The van der Waals surface area contributed by atoms with E-state index < -0.39 is 5.97 Å². The molecule has 4 heteroatoms. The fraction of sp³-hybridized carbons (Fsp3) is 0.824. The smallest absolute Gasteiger partial charge is 0.331 e. The van der Waals surface area contributed by atoms with Crippen molar-refractivity contribution in [1.29, 1.82) is 0 Å². The Balaban J connectivity index is 2.32. The van der Waals surface area contributed by atoms with Crippen molar-refractivity contribution in [3.63, 3.8) is 0 Å². The molecule has 0 aromatic rings. The number of aliphatic carboxylic acids is 1. The molecule has 1 aliphatic heterocycles. The summed E-state index contributed by atoms with van der Waals surface area (Å²) in [6.07, 6.45) is 5.32. The molecule has 1 saturated heterocycles. The van der Waals surface area contributed by atoms with Crippen molar-refractivity contribution in [3.05, 3.63) is 11.1 Å². The molecule has 2 fully saturated rings. The van der Waals surface area contributed by atoms with Crippen molar-refractivity contribution in [2.45, 2.75) is 82.7 Å². The van der Waals surface area contributed by atoms with E-state index in [0.29, 0.717) is 5.57 Å². The number of hydrogen-bond acceptors (Lipinski definition) is 2. The number of carboxylic acids is 1. The second-order valence-electron chi connectivity index (χ2n) is 8.02. The summed E-state index contributed by atoms with van der Waals surface area (Å²) in [6, 6.07) is 0. The molecule has 2 rings (SSSR count). The van der Waals surface area contributed by atoms with Gasteiger partial charge in [0.2, 0.25) is 0 Å². The first-order valence-corrected chi connectivity index (χ1v) is 8.42. The number of piperidine rings is 1. The fourth-order valence-corrected chi connectivity index (χ4v) is 4.53. The van der Waals surface area contributed by atoms with Crippen LogP contribution in [0.5, 0.6) is 0 Å². The summed E-state index contributed by atoms with van der Waals surface area (Å²) in [7, 11) is 0. The Morgan fingerprint density at radius 2 is 1.57 bits per heavy atom. The topological polar surface area (TPSA) is 49.3 Å². The van der Waals surface area contributed by atoms with Crippen LogP contribution in [0, 0.1) is 5.92 Å². The lowest BCUT2D eigenvalue weighted by molar-refractivity contribution is -0.133. The Morgan fingerprint density at radius 1 is 1.10 bits per heavy atom. The van der Waals surface area contributed by atoms with Crippen LogP contribution in [0.15, 0.2) is 11.1 Å². The summed E-state index contributed by atoms with van der Waals surface area (Å²) < 4.78 is 0. The third kappa shape index (κ3) is 4.23. The molecule has 0 radical (unpaired) electrons. The summed E-state index contributed by atoms with van der Waals surface area (Å²) in [4.78, 5) is 11.9. The minimum absolute atomic E-state index is 0.0541. The Morgan fingerprint density at radius 3 is 2.00 bits per heavy atom. The zero-order valence-corrected chi connectivity index (χ0v) is 14.4. The first kappa shape index (κ1) is 16.8. The van der Waals surface area contributed by atoms with E-state index in [1.807, 2.05) is 0 Å². The van der Waals surface area contributed by atoms with Gasteiger partial charge >= 0.3 is 5.97 Å². The quantitative estimate of drug-likeness (QED) is 0.596. The Labute approximate surface area is 133 Å². The van der Waals surface area contributed by atoms with Gasteiger partial charge in [0.1, 0.15) is 0 Å². The maximum atomic E-state index is 11.9. The zero-order chi connectivity index (χ0) is 15.8. The van der Waals surface area contributed by atoms with Gasteiger partial charge in [0.05, 0.1) is 0 Å². The van der Waals surface area contributed by atoms with Crippen LogP contribution in [-0.2, 0) is 4.79 Å². The van der Waals surface area contributed by atoms with Gasteiger partial charge in [0, 0.05) is 22.0 Å². The van der Waals surface area contributed by atoms with Crippen molar-refractivity contribution in [1.82, 2.24) is 5.32 Å². The lowest BCUT2D eigenvalue weighted by Gasteiger charge is -2.45. The number of carboxylic acid groups (broad SMARTS) is 1. The number of carbonyl (C=O) groups is 1. The summed E-state index contributed by atoms with van der Waals surface area (Å²) >= 11 is 6.17. The van der Waals surface area contributed by atoms with Crippen molar-refractivity contribution < 1.29 is 9.90 Å². The molecule has 1 saturated carbocycles. The number of alkyl halides is 1. The molecule has 1 aliphatic carbocycles. The predicted octanol–water partition coefficient (Wildman–Crippen LogP) is 4.11. The first-order chi connectivity index (χ1) is 9.60. The van der Waals surface area contributed by atoms with Crippen LogP contribution in [0.1, 0.15) is 66.2 Å². The molecule has 0 bridgehead atoms. The Hall–Kier alpha value is -0.540.